The fraction of sp³-hybridized carbons (Fsp3) is 0.308. The molecule has 17 heavy (non-hydrogen) atoms. The van der Waals surface area contributed by atoms with E-state index in [0.717, 1.165) is 28.6 Å². The molecule has 0 spiro atoms. The Morgan fingerprint density at radius 1 is 1.35 bits per heavy atom. The van der Waals surface area contributed by atoms with Gasteiger partial charge in [-0.15, -0.1) is 11.3 Å². The quantitative estimate of drug-likeness (QED) is 0.814. The Labute approximate surface area is 106 Å². The summed E-state index contributed by atoms with van der Waals surface area (Å²) in [7, 11) is 0. The van der Waals surface area contributed by atoms with E-state index < -0.39 is 0 Å². The van der Waals surface area contributed by atoms with E-state index in [4.69, 9.17) is 5.73 Å². The molecule has 0 radical (unpaired) electrons. The lowest BCUT2D eigenvalue weighted by atomic mass is 10.1. The van der Waals surface area contributed by atoms with Gasteiger partial charge in [-0.3, -0.25) is 0 Å². The highest BCUT2D eigenvalue weighted by Crippen LogP contribution is 2.26. The van der Waals surface area contributed by atoms with Crippen LogP contribution >= 0.6 is 11.3 Å². The number of thiazole rings is 1. The summed E-state index contributed by atoms with van der Waals surface area (Å²) in [6.07, 6.45) is 0.960. The molecule has 0 saturated heterocycles. The van der Waals surface area contributed by atoms with Crippen molar-refractivity contribution in [1.29, 1.82) is 0 Å². The van der Waals surface area contributed by atoms with Gasteiger partial charge in [-0.05, 0) is 38.0 Å². The Kier molecular flexibility index (Phi) is 3.33. The smallest absolute Gasteiger partial charge is 0.187 e. The summed E-state index contributed by atoms with van der Waals surface area (Å²) in [5.41, 5.74) is 10.1. The van der Waals surface area contributed by atoms with Crippen LogP contribution in [0.3, 0.4) is 0 Å². The molecule has 3 nitrogen and oxygen atoms in total. The van der Waals surface area contributed by atoms with Gasteiger partial charge in [-0.2, -0.15) is 0 Å². The van der Waals surface area contributed by atoms with Crippen molar-refractivity contribution in [1.82, 2.24) is 4.98 Å². The highest BCUT2D eigenvalue weighted by molar-refractivity contribution is 7.15. The summed E-state index contributed by atoms with van der Waals surface area (Å²) in [6, 6.07) is 6.07. The fourth-order valence-corrected chi connectivity index (χ4v) is 2.48. The first kappa shape index (κ1) is 11.9. The third-order valence-corrected chi connectivity index (χ3v) is 3.79. The Hall–Kier alpha value is -1.55. The average Bonchev–Trinajstić information content (AvgIpc) is 2.58. The van der Waals surface area contributed by atoms with Crippen molar-refractivity contribution in [2.75, 3.05) is 11.1 Å². The van der Waals surface area contributed by atoms with Gasteiger partial charge in [0.15, 0.2) is 5.13 Å². The van der Waals surface area contributed by atoms with E-state index in [-0.39, 0.29) is 0 Å². The Bertz CT molecular complexity index is 512. The van der Waals surface area contributed by atoms with E-state index in [1.165, 1.54) is 10.4 Å². The number of anilines is 3. The van der Waals surface area contributed by atoms with E-state index in [2.05, 4.69) is 30.2 Å². The lowest BCUT2D eigenvalue weighted by molar-refractivity contribution is 1.14. The second-order valence-corrected chi connectivity index (χ2v) is 5.26. The number of hydrogen-bond donors (Lipinski definition) is 2. The molecule has 3 N–H and O–H groups in total. The second-order valence-electron chi connectivity index (χ2n) is 4.05. The zero-order valence-electron chi connectivity index (χ0n) is 10.4. The molecule has 1 aromatic carbocycles. The van der Waals surface area contributed by atoms with Crippen molar-refractivity contribution >= 4 is 27.8 Å². The summed E-state index contributed by atoms with van der Waals surface area (Å²) in [5, 5.41) is 4.21. The van der Waals surface area contributed by atoms with Gasteiger partial charge in [0, 0.05) is 16.3 Å². The molecule has 0 saturated carbocycles. The van der Waals surface area contributed by atoms with Crippen molar-refractivity contribution in [2.24, 2.45) is 0 Å². The lowest BCUT2D eigenvalue weighted by Crippen LogP contribution is -1.96. The Balaban J connectivity index is 2.21. The Morgan fingerprint density at radius 2 is 2.12 bits per heavy atom. The van der Waals surface area contributed by atoms with Crippen LogP contribution in [0.25, 0.3) is 0 Å². The molecule has 2 rings (SSSR count). The number of aryl methyl sites for hydroxylation is 3. The largest absolute Gasteiger partial charge is 0.398 e. The summed E-state index contributed by atoms with van der Waals surface area (Å²) < 4.78 is 0. The van der Waals surface area contributed by atoms with E-state index in [1.54, 1.807) is 11.3 Å². The number of nitrogen functional groups attached to an aromatic ring is 1. The van der Waals surface area contributed by atoms with Gasteiger partial charge in [0.25, 0.3) is 0 Å². The number of nitrogens with one attached hydrogen (secondary N) is 1. The molecule has 0 fully saturated rings. The molecular weight excluding hydrogens is 230 g/mol. The minimum atomic E-state index is 0.836. The predicted octanol–water partition coefficient (Wildman–Crippen LogP) is 3.65. The van der Waals surface area contributed by atoms with E-state index in [0.29, 0.717) is 0 Å². The molecular formula is C13H17N3S. The molecule has 0 bridgehead atoms. The third kappa shape index (κ3) is 2.58. The topological polar surface area (TPSA) is 50.9 Å². The molecule has 0 aliphatic rings. The normalized spacial score (nSPS) is 10.5. The minimum Gasteiger partial charge on any atom is -0.398 e. The van der Waals surface area contributed by atoms with Crippen molar-refractivity contribution in [3.63, 3.8) is 0 Å². The molecule has 4 heteroatoms. The van der Waals surface area contributed by atoms with Gasteiger partial charge in [0.05, 0.1) is 5.69 Å². The van der Waals surface area contributed by atoms with Crippen molar-refractivity contribution < 1.29 is 0 Å². The zero-order chi connectivity index (χ0) is 12.4. The van der Waals surface area contributed by atoms with Gasteiger partial charge >= 0.3 is 0 Å². The highest BCUT2D eigenvalue weighted by Gasteiger charge is 2.04. The third-order valence-electron chi connectivity index (χ3n) is 2.81. The van der Waals surface area contributed by atoms with Crippen LogP contribution in [0, 0.1) is 13.8 Å². The molecule has 0 aliphatic carbocycles. The number of nitrogens with zero attached hydrogens (tertiary/aromatic N) is 1. The Morgan fingerprint density at radius 3 is 2.65 bits per heavy atom. The molecule has 0 amide bonds. The predicted molar refractivity (Wildman–Crippen MR) is 75.1 cm³/mol. The molecule has 1 aromatic heterocycles. The maximum Gasteiger partial charge on any atom is 0.187 e. The van der Waals surface area contributed by atoms with Gasteiger partial charge in [0.1, 0.15) is 0 Å². The first-order valence-electron chi connectivity index (χ1n) is 5.69. The van der Waals surface area contributed by atoms with Crippen LogP contribution in [-0.4, -0.2) is 4.98 Å². The van der Waals surface area contributed by atoms with E-state index in [1.807, 2.05) is 19.1 Å². The molecule has 0 atom stereocenters. The summed E-state index contributed by atoms with van der Waals surface area (Å²) >= 11 is 1.66. The van der Waals surface area contributed by atoms with Crippen LogP contribution in [0.5, 0.6) is 0 Å². The van der Waals surface area contributed by atoms with Crippen molar-refractivity contribution in [2.45, 2.75) is 27.2 Å². The summed E-state index contributed by atoms with van der Waals surface area (Å²) in [4.78, 5) is 5.69. The molecule has 0 aliphatic heterocycles. The maximum absolute atomic E-state index is 5.96. The second kappa shape index (κ2) is 4.75. The maximum atomic E-state index is 5.96. The van der Waals surface area contributed by atoms with Crippen LogP contribution in [0.4, 0.5) is 16.5 Å². The van der Waals surface area contributed by atoms with Gasteiger partial charge in [0.2, 0.25) is 0 Å². The van der Waals surface area contributed by atoms with Crippen LogP contribution in [0.15, 0.2) is 18.2 Å². The van der Waals surface area contributed by atoms with E-state index >= 15 is 0 Å². The van der Waals surface area contributed by atoms with E-state index in [9.17, 15) is 0 Å². The van der Waals surface area contributed by atoms with Gasteiger partial charge in [-0.1, -0.05) is 13.0 Å². The number of rotatable bonds is 3. The standard InChI is InChI=1S/C13H17N3S/c1-4-10-5-6-11(7-12(10)14)16-13-15-8(2)9(3)17-13/h5-7H,4,14H2,1-3H3,(H,15,16). The average molecular weight is 247 g/mol. The minimum absolute atomic E-state index is 0.836. The SMILES string of the molecule is CCc1ccc(Nc2nc(C)c(C)s2)cc1N. The monoisotopic (exact) mass is 247 g/mol. The fourth-order valence-electron chi connectivity index (χ4n) is 1.64. The number of hydrogen-bond acceptors (Lipinski definition) is 4. The summed E-state index contributed by atoms with van der Waals surface area (Å²) in [6.45, 7) is 6.20. The molecule has 1 heterocycles. The molecule has 90 valence electrons. The highest BCUT2D eigenvalue weighted by atomic mass is 32.1. The van der Waals surface area contributed by atoms with Crippen LogP contribution in [0.1, 0.15) is 23.1 Å². The summed E-state index contributed by atoms with van der Waals surface area (Å²) in [5.74, 6) is 0. The number of benzene rings is 1. The number of nitrogens with two attached hydrogens (primary N) is 1. The molecule has 0 unspecified atom stereocenters. The van der Waals surface area contributed by atoms with Crippen molar-refractivity contribution in [3.05, 3.63) is 34.3 Å². The lowest BCUT2D eigenvalue weighted by Gasteiger charge is -2.07. The van der Waals surface area contributed by atoms with Crippen LogP contribution < -0.4 is 11.1 Å². The molecule has 2 aromatic rings. The first-order chi connectivity index (χ1) is 8.10. The number of aromatic nitrogens is 1. The van der Waals surface area contributed by atoms with Gasteiger partial charge in [-0.25, -0.2) is 4.98 Å². The van der Waals surface area contributed by atoms with Crippen molar-refractivity contribution in [3.8, 4) is 0 Å². The first-order valence-corrected chi connectivity index (χ1v) is 6.51. The van der Waals surface area contributed by atoms with Crippen LogP contribution in [-0.2, 0) is 6.42 Å². The zero-order valence-corrected chi connectivity index (χ0v) is 11.2. The van der Waals surface area contributed by atoms with Gasteiger partial charge < -0.3 is 11.1 Å². The van der Waals surface area contributed by atoms with Crippen LogP contribution in [0.2, 0.25) is 0 Å².